The first-order valence-corrected chi connectivity index (χ1v) is 17.5. The van der Waals surface area contributed by atoms with Gasteiger partial charge in [-0.05, 0) is 119 Å². The number of aryl methyl sites for hydroxylation is 1. The molecular weight excluding hydrogens is 729 g/mol. The Labute approximate surface area is 349 Å². The molecule has 1 amide bonds. The molecule has 2 aliphatic heterocycles. The Morgan fingerprint density at radius 1 is 0.818 bits per heavy atom. The van der Waals surface area contributed by atoms with Crippen LogP contribution in [0.3, 0.4) is 0 Å². The second kappa shape index (κ2) is 28.3. The first kappa shape index (κ1) is 58.6. The van der Waals surface area contributed by atoms with Gasteiger partial charge in [0.25, 0.3) is 0 Å². The van der Waals surface area contributed by atoms with E-state index in [1.165, 1.54) is 11.8 Å². The summed E-state index contributed by atoms with van der Waals surface area (Å²) in [7, 11) is 1.00. The van der Waals surface area contributed by atoms with E-state index in [-0.39, 0.29) is 59.2 Å². The topological polar surface area (TPSA) is 238 Å². The molecule has 3 heterocycles. The third-order valence-electron chi connectivity index (χ3n) is 6.62. The molecule has 4 unspecified atom stereocenters. The minimum absolute atomic E-state index is 0. The van der Waals surface area contributed by atoms with E-state index in [4.69, 9.17) is 24.4 Å². The normalized spacial score (nSPS) is 18.9. The van der Waals surface area contributed by atoms with E-state index in [2.05, 4.69) is 22.0 Å². The Balaban J connectivity index is -0.000000315. The van der Waals surface area contributed by atoms with E-state index >= 15 is 0 Å². The fraction of sp³-hybridized carbons (Fsp3) is 0.711. The molecule has 0 radical (unpaired) electrons. The Morgan fingerprint density at radius 3 is 1.65 bits per heavy atom. The van der Waals surface area contributed by atoms with Crippen LogP contribution in [0.15, 0.2) is 18.5 Å². The van der Waals surface area contributed by atoms with Crippen molar-refractivity contribution in [2.45, 2.75) is 120 Å². The number of carbonyl (C=O) groups excluding carboxylic acids is 5. The number of ketones is 1. The van der Waals surface area contributed by atoms with Gasteiger partial charge >= 0.3 is 53.9 Å². The van der Waals surface area contributed by atoms with Crippen LogP contribution in [0.5, 0.6) is 0 Å². The second-order valence-corrected chi connectivity index (χ2v) is 15.9. The average Bonchev–Trinajstić information content (AvgIpc) is 3.00. The Kier molecular flexibility index (Phi) is 30.1. The molecule has 55 heavy (non-hydrogen) atoms. The quantitative estimate of drug-likeness (QED) is 0.0995. The monoisotopic (exact) mass is 794 g/mol. The second-order valence-electron chi connectivity index (χ2n) is 15.9. The molecule has 2 fully saturated rings. The molecule has 0 aromatic carbocycles. The van der Waals surface area contributed by atoms with Gasteiger partial charge in [-0.25, -0.2) is 14.4 Å². The predicted octanol–water partition coefficient (Wildman–Crippen LogP) is 3.21. The van der Waals surface area contributed by atoms with Gasteiger partial charge in [0.1, 0.15) is 16.8 Å². The molecule has 16 nitrogen and oxygen atoms in total. The number of piperidine rings is 2. The molecule has 4 atom stereocenters. The molecule has 1 aromatic rings. The van der Waals surface area contributed by atoms with Crippen LogP contribution in [0.1, 0.15) is 112 Å². The Bertz CT molecular complexity index is 1280. The number of aliphatic hydroxyl groups excluding tert-OH is 1. The molecular formula is C38H65N3NaO13-. The van der Waals surface area contributed by atoms with Gasteiger partial charge in [0.05, 0.1) is 5.92 Å². The molecule has 312 valence electrons. The first-order valence-electron chi connectivity index (χ1n) is 17.5. The number of Topliss-reactive ketones (excluding diaryl/α,β-unsaturated/α-hetero) is 1. The number of carboxylic acid groups (broad SMARTS) is 1. The summed E-state index contributed by atoms with van der Waals surface area (Å²) in [5.74, 6) is -0.274. The summed E-state index contributed by atoms with van der Waals surface area (Å²) in [5.41, 5.74) is -0.234. The smallest absolute Gasteiger partial charge is 0.870 e. The maximum atomic E-state index is 11.8. The van der Waals surface area contributed by atoms with Gasteiger partial charge in [-0.3, -0.25) is 20.9 Å². The number of carboxylic acids is 1. The number of aromatic nitrogens is 1. The summed E-state index contributed by atoms with van der Waals surface area (Å²) in [6.07, 6.45) is 4.42. The van der Waals surface area contributed by atoms with E-state index < -0.39 is 47.1 Å². The van der Waals surface area contributed by atoms with E-state index in [1.807, 2.05) is 26.2 Å². The number of nitrogens with zero attached hydrogens (tertiary/aromatic N) is 2. The number of hydrogen-bond donors (Lipinski definition) is 3. The third-order valence-corrected chi connectivity index (χ3v) is 6.62. The van der Waals surface area contributed by atoms with Gasteiger partial charge in [0, 0.05) is 38.2 Å². The molecule has 2 aliphatic rings. The van der Waals surface area contributed by atoms with Crippen LogP contribution in [-0.4, -0.2) is 112 Å². The molecule has 3 rings (SSSR count). The maximum Gasteiger partial charge on any atom is 1.00 e. The number of pyridine rings is 1. The standard InChI is InChI=1S/C12H21NO4.C10H18O5.C8H9NO.C7H12NO.CH4O.Na.H2O/c1-8-5-9(10(14)15)7-13(6-8)11(16)17-12(2,3)4;1-9(2,3)14-7(11)13-8(12)15-10(4,5)6;1-6-3-8(7(2)10)5-9-4-6;1-6-2-7(5-9)4-8-3-6;1-2;;/h8-9H,5-7H2,1-4H3,(H,14,15);1-6H3;3-5H,1-2H3;6-8H,2-4H2,1H3;2H,1H3;;1H2/q;;;-1;;+1;/p-1. The zero-order valence-electron chi connectivity index (χ0n) is 35.6. The van der Waals surface area contributed by atoms with E-state index in [1.54, 1.807) is 74.7 Å². The largest absolute Gasteiger partial charge is 1.00 e. The number of rotatable bonds is 3. The summed E-state index contributed by atoms with van der Waals surface area (Å²) in [6.45, 7) is 25.7. The van der Waals surface area contributed by atoms with Crippen LogP contribution >= 0.6 is 0 Å². The van der Waals surface area contributed by atoms with Crippen LogP contribution in [0.4, 0.5) is 14.4 Å². The van der Waals surface area contributed by atoms with Gasteiger partial charge in [-0.1, -0.05) is 20.3 Å². The number of likely N-dealkylation sites (tertiary alicyclic amines) is 1. The van der Waals surface area contributed by atoms with Crippen molar-refractivity contribution < 1.29 is 93.0 Å². The van der Waals surface area contributed by atoms with Crippen molar-refractivity contribution in [1.29, 1.82) is 0 Å². The minimum Gasteiger partial charge on any atom is -0.870 e. The number of ether oxygens (including phenoxy) is 4. The Hall–Kier alpha value is -3.15. The summed E-state index contributed by atoms with van der Waals surface area (Å²) >= 11 is 0. The molecule has 4 N–H and O–H groups in total. The summed E-state index contributed by atoms with van der Waals surface area (Å²) in [6, 6.07) is 1.83. The molecule has 2 saturated heterocycles. The number of carbonyl (C=O) groups is 5. The van der Waals surface area contributed by atoms with Crippen LogP contribution in [-0.2, 0) is 28.5 Å². The molecule has 17 heteroatoms. The van der Waals surface area contributed by atoms with Crippen molar-refractivity contribution >= 4 is 36.4 Å². The van der Waals surface area contributed by atoms with Crippen LogP contribution in [0, 0.1) is 30.6 Å². The molecule has 0 saturated carbocycles. The third kappa shape index (κ3) is 31.7. The fourth-order valence-corrected chi connectivity index (χ4v) is 4.61. The van der Waals surface area contributed by atoms with Gasteiger partial charge < -0.3 is 49.6 Å². The number of amides is 1. The van der Waals surface area contributed by atoms with Crippen molar-refractivity contribution in [2.24, 2.45) is 23.7 Å². The average molecular weight is 795 g/mol. The van der Waals surface area contributed by atoms with Crippen molar-refractivity contribution in [2.75, 3.05) is 33.3 Å². The molecule has 1 aromatic heterocycles. The maximum absolute atomic E-state index is 11.8. The van der Waals surface area contributed by atoms with E-state index in [0.29, 0.717) is 24.4 Å². The molecule has 0 aliphatic carbocycles. The number of hydrogen-bond acceptors (Lipinski definition) is 14. The summed E-state index contributed by atoms with van der Waals surface area (Å²) in [4.78, 5) is 71.1. The number of aliphatic hydroxyl groups is 1. The summed E-state index contributed by atoms with van der Waals surface area (Å²) in [5, 5.41) is 19.2. The minimum atomic E-state index is -1.06. The van der Waals surface area contributed by atoms with Crippen LogP contribution in [0.25, 0.3) is 0 Å². The van der Waals surface area contributed by atoms with E-state index in [0.717, 1.165) is 32.2 Å². The fourth-order valence-electron chi connectivity index (χ4n) is 4.61. The van der Waals surface area contributed by atoms with Crippen molar-refractivity contribution in [1.82, 2.24) is 15.2 Å². The zero-order chi connectivity index (χ0) is 41.7. The van der Waals surface area contributed by atoms with Crippen LogP contribution < -0.4 is 34.9 Å². The van der Waals surface area contributed by atoms with Crippen molar-refractivity contribution in [3.05, 3.63) is 29.6 Å². The van der Waals surface area contributed by atoms with Gasteiger partial charge in [-0.2, -0.15) is 0 Å². The van der Waals surface area contributed by atoms with Crippen molar-refractivity contribution in [3.8, 4) is 0 Å². The molecule has 0 spiro atoms. The SMILES string of the molecule is CC(=O)c1cncc(C)c1.CC(C)(C)OC(=O)OC(=O)OC(C)(C)C.CC1CC(C(=O)O)CN(C(=O)OC(C)(C)C)C1.CC1CNCC([C-]=O)C1.CO.[Na+].[OH-]. The first-order chi connectivity index (χ1) is 24.2. The Morgan fingerprint density at radius 2 is 1.31 bits per heavy atom. The van der Waals surface area contributed by atoms with Crippen LogP contribution in [0.2, 0.25) is 0 Å². The van der Waals surface area contributed by atoms with Gasteiger partial charge in [-0.15, -0.1) is 5.92 Å². The van der Waals surface area contributed by atoms with Crippen molar-refractivity contribution in [3.63, 3.8) is 0 Å². The van der Waals surface area contributed by atoms with Gasteiger partial charge in [0.2, 0.25) is 0 Å². The van der Waals surface area contributed by atoms with E-state index in [9.17, 15) is 28.8 Å². The van der Waals surface area contributed by atoms with Gasteiger partial charge in [0.15, 0.2) is 5.78 Å². The summed E-state index contributed by atoms with van der Waals surface area (Å²) < 4.78 is 19.0. The predicted molar refractivity (Wildman–Crippen MR) is 201 cm³/mol. The molecule has 0 bridgehead atoms. The zero-order valence-corrected chi connectivity index (χ0v) is 37.6. The number of aliphatic carboxylic acids is 1. The number of nitrogens with one attached hydrogen (secondary N) is 1.